The molecule has 0 unspecified atom stereocenters. The standard InChI is InChI=1S/C11H10Br2ClN3O2/c12-11(13)7-5-15-10(14)16-8(7)17(9(11)18)6-1-3-19-4-2-6/h5-6H,1-4H2. The Hall–Kier alpha value is -0.240. The van der Waals surface area contributed by atoms with E-state index in [4.69, 9.17) is 16.3 Å². The Bertz CT molecular complexity index is 535. The summed E-state index contributed by atoms with van der Waals surface area (Å²) >= 11 is 12.7. The highest BCUT2D eigenvalue weighted by Crippen LogP contribution is 2.50. The van der Waals surface area contributed by atoms with Gasteiger partial charge in [-0.05, 0) is 24.4 Å². The van der Waals surface area contributed by atoms with Gasteiger partial charge >= 0.3 is 0 Å². The summed E-state index contributed by atoms with van der Waals surface area (Å²) in [5.41, 5.74) is 0.688. The molecule has 0 N–H and O–H groups in total. The Labute approximate surface area is 131 Å². The van der Waals surface area contributed by atoms with E-state index in [0.717, 1.165) is 12.8 Å². The maximum atomic E-state index is 12.6. The minimum Gasteiger partial charge on any atom is -0.381 e. The van der Waals surface area contributed by atoms with Crippen molar-refractivity contribution in [3.8, 4) is 0 Å². The molecule has 0 saturated carbocycles. The molecule has 0 aliphatic carbocycles. The fourth-order valence-electron chi connectivity index (χ4n) is 2.40. The van der Waals surface area contributed by atoms with Crippen molar-refractivity contribution < 1.29 is 9.53 Å². The number of carbonyl (C=O) groups is 1. The van der Waals surface area contributed by atoms with E-state index < -0.39 is 3.23 Å². The Morgan fingerprint density at radius 1 is 1.42 bits per heavy atom. The fraction of sp³-hybridized carbons (Fsp3) is 0.545. The first-order chi connectivity index (χ1) is 9.01. The van der Waals surface area contributed by atoms with Gasteiger partial charge in [-0.2, -0.15) is 4.98 Å². The van der Waals surface area contributed by atoms with Gasteiger partial charge < -0.3 is 4.74 Å². The molecular formula is C11H10Br2ClN3O2. The average Bonchev–Trinajstić information content (AvgIpc) is 2.58. The van der Waals surface area contributed by atoms with E-state index in [-0.39, 0.29) is 17.2 Å². The van der Waals surface area contributed by atoms with Crippen molar-refractivity contribution in [1.82, 2.24) is 9.97 Å². The molecule has 1 fully saturated rings. The molecule has 0 bridgehead atoms. The quantitative estimate of drug-likeness (QED) is 0.527. The summed E-state index contributed by atoms with van der Waals surface area (Å²) in [4.78, 5) is 22.4. The van der Waals surface area contributed by atoms with Gasteiger partial charge in [0.15, 0.2) is 3.23 Å². The molecule has 1 saturated heterocycles. The lowest BCUT2D eigenvalue weighted by molar-refractivity contribution is -0.118. The van der Waals surface area contributed by atoms with Crippen LogP contribution in [0.15, 0.2) is 6.20 Å². The zero-order valence-corrected chi connectivity index (χ0v) is 13.7. The first-order valence-corrected chi connectivity index (χ1v) is 7.80. The molecule has 102 valence electrons. The number of amides is 1. The van der Waals surface area contributed by atoms with Crippen LogP contribution in [0.2, 0.25) is 5.28 Å². The van der Waals surface area contributed by atoms with Gasteiger partial charge in [0.2, 0.25) is 5.28 Å². The van der Waals surface area contributed by atoms with Gasteiger partial charge in [0.25, 0.3) is 5.91 Å². The monoisotopic (exact) mass is 409 g/mol. The third kappa shape index (κ3) is 2.20. The lowest BCUT2D eigenvalue weighted by atomic mass is 10.1. The summed E-state index contributed by atoms with van der Waals surface area (Å²) < 4.78 is 4.38. The average molecular weight is 411 g/mol. The number of nitrogens with zero attached hydrogens (tertiary/aromatic N) is 3. The fourth-order valence-corrected chi connectivity index (χ4v) is 3.47. The number of rotatable bonds is 1. The van der Waals surface area contributed by atoms with Gasteiger partial charge in [0.05, 0.1) is 5.56 Å². The number of anilines is 1. The zero-order chi connectivity index (χ0) is 13.6. The molecule has 2 aliphatic heterocycles. The summed E-state index contributed by atoms with van der Waals surface area (Å²) in [5, 5.41) is 0.140. The van der Waals surface area contributed by atoms with Crippen LogP contribution in [0.3, 0.4) is 0 Å². The number of alkyl halides is 2. The van der Waals surface area contributed by atoms with Gasteiger partial charge in [-0.15, -0.1) is 0 Å². The lowest BCUT2D eigenvalue weighted by Crippen LogP contribution is -2.44. The van der Waals surface area contributed by atoms with Gasteiger partial charge in [0.1, 0.15) is 5.82 Å². The number of hydrogen-bond acceptors (Lipinski definition) is 4. The van der Waals surface area contributed by atoms with Crippen LogP contribution < -0.4 is 4.90 Å². The second-order valence-corrected chi connectivity index (χ2v) is 8.25. The summed E-state index contributed by atoms with van der Waals surface area (Å²) in [7, 11) is 0. The van der Waals surface area contributed by atoms with Crippen molar-refractivity contribution in [2.75, 3.05) is 18.1 Å². The Kier molecular flexibility index (Phi) is 3.57. The topological polar surface area (TPSA) is 55.3 Å². The van der Waals surface area contributed by atoms with Crippen LogP contribution in [0.1, 0.15) is 18.4 Å². The van der Waals surface area contributed by atoms with E-state index in [0.29, 0.717) is 24.6 Å². The predicted molar refractivity (Wildman–Crippen MR) is 77.9 cm³/mol. The third-order valence-electron chi connectivity index (χ3n) is 3.35. The molecule has 3 rings (SSSR count). The van der Waals surface area contributed by atoms with Crippen LogP contribution in [0.4, 0.5) is 5.82 Å². The van der Waals surface area contributed by atoms with Crippen molar-refractivity contribution in [1.29, 1.82) is 0 Å². The van der Waals surface area contributed by atoms with Crippen molar-refractivity contribution in [2.45, 2.75) is 22.1 Å². The Balaban J connectivity index is 2.06. The molecule has 2 aliphatic rings. The van der Waals surface area contributed by atoms with Crippen molar-refractivity contribution in [3.05, 3.63) is 17.0 Å². The molecule has 1 amide bonds. The maximum Gasteiger partial charge on any atom is 0.260 e. The van der Waals surface area contributed by atoms with Crippen LogP contribution in [0.25, 0.3) is 0 Å². The molecule has 1 aromatic rings. The normalized spacial score (nSPS) is 22.7. The highest BCUT2D eigenvalue weighted by atomic mass is 79.9. The number of carbonyl (C=O) groups excluding carboxylic acids is 1. The minimum atomic E-state index is -0.960. The van der Waals surface area contributed by atoms with Gasteiger partial charge in [-0.3, -0.25) is 9.69 Å². The molecule has 5 nitrogen and oxygen atoms in total. The molecule has 19 heavy (non-hydrogen) atoms. The van der Waals surface area contributed by atoms with Crippen molar-refractivity contribution in [2.24, 2.45) is 0 Å². The highest BCUT2D eigenvalue weighted by molar-refractivity contribution is 9.25. The Morgan fingerprint density at radius 2 is 2.11 bits per heavy atom. The van der Waals surface area contributed by atoms with Crippen LogP contribution in [0.5, 0.6) is 0 Å². The number of fused-ring (bicyclic) bond motifs is 1. The molecule has 0 spiro atoms. The first-order valence-electron chi connectivity index (χ1n) is 5.84. The van der Waals surface area contributed by atoms with E-state index in [9.17, 15) is 4.79 Å². The summed E-state index contributed by atoms with van der Waals surface area (Å²) in [6.45, 7) is 1.31. The minimum absolute atomic E-state index is 0.0861. The van der Waals surface area contributed by atoms with Gasteiger partial charge in [-0.25, -0.2) is 4.98 Å². The lowest BCUT2D eigenvalue weighted by Gasteiger charge is -2.31. The van der Waals surface area contributed by atoms with Gasteiger partial charge in [0, 0.05) is 25.5 Å². The summed E-state index contributed by atoms with van der Waals surface area (Å²) in [6, 6.07) is 0.0861. The van der Waals surface area contributed by atoms with Crippen LogP contribution >= 0.6 is 43.5 Å². The number of aromatic nitrogens is 2. The zero-order valence-electron chi connectivity index (χ0n) is 9.78. The molecule has 0 aromatic carbocycles. The van der Waals surface area contributed by atoms with E-state index in [2.05, 4.69) is 41.8 Å². The Morgan fingerprint density at radius 3 is 2.79 bits per heavy atom. The van der Waals surface area contributed by atoms with Crippen molar-refractivity contribution in [3.63, 3.8) is 0 Å². The first kappa shape index (κ1) is 13.7. The molecule has 0 radical (unpaired) electrons. The smallest absolute Gasteiger partial charge is 0.260 e. The molecule has 0 atom stereocenters. The number of halogens is 3. The second kappa shape index (κ2) is 4.95. The molecular weight excluding hydrogens is 401 g/mol. The van der Waals surface area contributed by atoms with Crippen molar-refractivity contribution >= 4 is 55.2 Å². The second-order valence-electron chi connectivity index (χ2n) is 4.47. The molecule has 8 heteroatoms. The SMILES string of the molecule is O=C1N(C2CCOCC2)c2nc(Cl)ncc2C1(Br)Br. The summed E-state index contributed by atoms with van der Waals surface area (Å²) in [6.07, 6.45) is 3.16. The predicted octanol–water partition coefficient (Wildman–Crippen LogP) is 2.60. The van der Waals surface area contributed by atoms with E-state index in [1.807, 2.05) is 0 Å². The summed E-state index contributed by atoms with van der Waals surface area (Å²) in [5.74, 6) is 0.483. The largest absolute Gasteiger partial charge is 0.381 e. The highest BCUT2D eigenvalue weighted by Gasteiger charge is 2.51. The van der Waals surface area contributed by atoms with E-state index in [1.165, 1.54) is 0 Å². The molecule has 1 aromatic heterocycles. The third-order valence-corrected chi connectivity index (χ3v) is 5.06. The number of hydrogen-bond donors (Lipinski definition) is 0. The van der Waals surface area contributed by atoms with Crippen LogP contribution in [-0.4, -0.2) is 35.1 Å². The maximum absolute atomic E-state index is 12.6. The van der Waals surface area contributed by atoms with E-state index in [1.54, 1.807) is 11.1 Å². The van der Waals surface area contributed by atoms with Crippen LogP contribution in [-0.2, 0) is 12.8 Å². The van der Waals surface area contributed by atoms with Crippen LogP contribution in [0, 0.1) is 0 Å². The van der Waals surface area contributed by atoms with E-state index >= 15 is 0 Å². The van der Waals surface area contributed by atoms with Gasteiger partial charge in [-0.1, -0.05) is 31.9 Å². The number of ether oxygens (including phenoxy) is 1. The molecule has 3 heterocycles.